The Balaban J connectivity index is 0.00000243. The molecule has 2 unspecified atom stereocenters. The molecule has 5 nitrogen and oxygen atoms in total. The van der Waals surface area contributed by atoms with E-state index in [9.17, 15) is 9.90 Å². The third kappa shape index (κ3) is 4.83. The standard InChI is InChI=1S/C20H24N2O3.ClH/c21-13-15-6-8-17(9-7-15)20(24)22-10-11-25-14-18(22)12-19(23)16-4-2-1-3-5-16;/h1-9,18-19,23H,10-14,21H2;1H. The van der Waals surface area contributed by atoms with Crippen molar-refractivity contribution in [1.82, 2.24) is 4.90 Å². The van der Waals surface area contributed by atoms with E-state index in [1.54, 1.807) is 0 Å². The van der Waals surface area contributed by atoms with Crippen molar-refractivity contribution in [3.05, 3.63) is 71.3 Å². The van der Waals surface area contributed by atoms with Gasteiger partial charge < -0.3 is 20.5 Å². The molecule has 0 bridgehead atoms. The van der Waals surface area contributed by atoms with E-state index in [4.69, 9.17) is 10.5 Å². The number of carbonyl (C=O) groups is 1. The molecule has 2 aromatic carbocycles. The molecule has 1 fully saturated rings. The number of amides is 1. The third-order valence-corrected chi connectivity index (χ3v) is 4.60. The summed E-state index contributed by atoms with van der Waals surface area (Å²) in [4.78, 5) is 14.7. The minimum absolute atomic E-state index is 0. The number of halogens is 1. The van der Waals surface area contributed by atoms with Crippen LogP contribution in [0.3, 0.4) is 0 Å². The molecule has 0 aromatic heterocycles. The number of aliphatic hydroxyl groups excluding tert-OH is 1. The zero-order valence-electron chi connectivity index (χ0n) is 14.6. The summed E-state index contributed by atoms with van der Waals surface area (Å²) in [6.45, 7) is 1.95. The molecule has 2 atom stereocenters. The predicted octanol–water partition coefficient (Wildman–Crippen LogP) is 2.53. The van der Waals surface area contributed by atoms with Crippen molar-refractivity contribution in [2.75, 3.05) is 19.8 Å². The fraction of sp³-hybridized carbons (Fsp3) is 0.350. The van der Waals surface area contributed by atoms with Crippen LogP contribution in [0.15, 0.2) is 54.6 Å². The predicted molar refractivity (Wildman–Crippen MR) is 103 cm³/mol. The summed E-state index contributed by atoms with van der Waals surface area (Å²) in [7, 11) is 0. The lowest BCUT2D eigenvalue weighted by Gasteiger charge is -2.36. The van der Waals surface area contributed by atoms with Crippen LogP contribution >= 0.6 is 12.4 Å². The molecule has 1 heterocycles. The van der Waals surface area contributed by atoms with Crippen molar-refractivity contribution in [2.45, 2.75) is 25.1 Å². The highest BCUT2D eigenvalue weighted by Gasteiger charge is 2.30. The first-order valence-electron chi connectivity index (χ1n) is 8.59. The highest BCUT2D eigenvalue weighted by Crippen LogP contribution is 2.24. The van der Waals surface area contributed by atoms with Crippen molar-refractivity contribution >= 4 is 18.3 Å². The van der Waals surface area contributed by atoms with Gasteiger partial charge in [0.1, 0.15) is 0 Å². The largest absolute Gasteiger partial charge is 0.388 e. The second kappa shape index (κ2) is 9.69. The summed E-state index contributed by atoms with van der Waals surface area (Å²) in [5, 5.41) is 10.5. The lowest BCUT2D eigenvalue weighted by atomic mass is 10.00. The third-order valence-electron chi connectivity index (χ3n) is 4.60. The Labute approximate surface area is 160 Å². The normalized spacial score (nSPS) is 18.1. The number of hydrogen-bond acceptors (Lipinski definition) is 4. The average molecular weight is 377 g/mol. The summed E-state index contributed by atoms with van der Waals surface area (Å²) in [6, 6.07) is 16.7. The molecule has 3 N–H and O–H groups in total. The quantitative estimate of drug-likeness (QED) is 0.840. The Bertz CT molecular complexity index is 694. The van der Waals surface area contributed by atoms with E-state index in [0.717, 1.165) is 11.1 Å². The number of nitrogens with zero attached hydrogens (tertiary/aromatic N) is 1. The Morgan fingerprint density at radius 3 is 2.54 bits per heavy atom. The molecular weight excluding hydrogens is 352 g/mol. The Morgan fingerprint density at radius 1 is 1.19 bits per heavy atom. The molecule has 0 saturated carbocycles. The van der Waals surface area contributed by atoms with Gasteiger partial charge in [0, 0.05) is 25.1 Å². The molecule has 1 aliphatic heterocycles. The Morgan fingerprint density at radius 2 is 1.88 bits per heavy atom. The van der Waals surface area contributed by atoms with E-state index in [2.05, 4.69) is 0 Å². The van der Waals surface area contributed by atoms with Gasteiger partial charge in [-0.05, 0) is 23.3 Å². The number of aliphatic hydroxyl groups is 1. The van der Waals surface area contributed by atoms with E-state index in [-0.39, 0.29) is 24.4 Å². The van der Waals surface area contributed by atoms with Gasteiger partial charge in [0.15, 0.2) is 0 Å². The number of carbonyl (C=O) groups excluding carboxylic acids is 1. The average Bonchev–Trinajstić information content (AvgIpc) is 2.68. The van der Waals surface area contributed by atoms with E-state index in [0.29, 0.717) is 38.3 Å². The smallest absolute Gasteiger partial charge is 0.254 e. The second-order valence-corrected chi connectivity index (χ2v) is 6.29. The van der Waals surface area contributed by atoms with Crippen LogP contribution in [0, 0.1) is 0 Å². The molecule has 0 radical (unpaired) electrons. The first kappa shape index (κ1) is 20.4. The van der Waals surface area contributed by atoms with Crippen molar-refractivity contribution in [3.8, 4) is 0 Å². The number of hydrogen-bond donors (Lipinski definition) is 2. The molecule has 1 aliphatic rings. The minimum atomic E-state index is -0.622. The van der Waals surface area contributed by atoms with Gasteiger partial charge in [-0.25, -0.2) is 0 Å². The number of benzene rings is 2. The van der Waals surface area contributed by atoms with Crippen LogP contribution in [0.1, 0.15) is 34.0 Å². The molecule has 1 saturated heterocycles. The van der Waals surface area contributed by atoms with Crippen molar-refractivity contribution < 1.29 is 14.6 Å². The SMILES string of the molecule is Cl.NCc1ccc(C(=O)N2CCOCC2CC(O)c2ccccc2)cc1. The Hall–Kier alpha value is -1.92. The molecule has 6 heteroatoms. The van der Waals surface area contributed by atoms with Crippen molar-refractivity contribution in [2.24, 2.45) is 5.73 Å². The molecule has 3 rings (SSSR count). The first-order valence-corrected chi connectivity index (χ1v) is 8.59. The first-order chi connectivity index (χ1) is 12.2. The summed E-state index contributed by atoms with van der Waals surface area (Å²) in [5.74, 6) is -0.0304. The number of morpholine rings is 1. The van der Waals surface area contributed by atoms with Gasteiger partial charge in [-0.3, -0.25) is 4.79 Å². The van der Waals surface area contributed by atoms with Crippen LogP contribution in [0.4, 0.5) is 0 Å². The topological polar surface area (TPSA) is 75.8 Å². The van der Waals surface area contributed by atoms with Crippen LogP contribution in [0.2, 0.25) is 0 Å². The lowest BCUT2D eigenvalue weighted by Crippen LogP contribution is -2.49. The van der Waals surface area contributed by atoms with Crippen LogP contribution < -0.4 is 5.73 Å². The zero-order valence-corrected chi connectivity index (χ0v) is 15.4. The maximum Gasteiger partial charge on any atom is 0.254 e. The number of ether oxygens (including phenoxy) is 1. The molecule has 140 valence electrons. The van der Waals surface area contributed by atoms with Gasteiger partial charge >= 0.3 is 0 Å². The van der Waals surface area contributed by atoms with Crippen LogP contribution in [-0.4, -0.2) is 41.7 Å². The van der Waals surface area contributed by atoms with Crippen LogP contribution in [0.5, 0.6) is 0 Å². The highest BCUT2D eigenvalue weighted by atomic mass is 35.5. The van der Waals surface area contributed by atoms with Crippen LogP contribution in [0.25, 0.3) is 0 Å². The highest BCUT2D eigenvalue weighted by molar-refractivity contribution is 5.94. The number of rotatable bonds is 5. The van der Waals surface area contributed by atoms with Crippen molar-refractivity contribution in [3.63, 3.8) is 0 Å². The fourth-order valence-electron chi connectivity index (χ4n) is 3.14. The minimum Gasteiger partial charge on any atom is -0.388 e. The summed E-state index contributed by atoms with van der Waals surface area (Å²) in [5.41, 5.74) is 8.10. The molecule has 0 aliphatic carbocycles. The maximum atomic E-state index is 12.9. The van der Waals surface area contributed by atoms with Gasteiger partial charge in [-0.15, -0.1) is 12.4 Å². The zero-order chi connectivity index (χ0) is 17.6. The molecule has 2 aromatic rings. The summed E-state index contributed by atoms with van der Waals surface area (Å²) < 4.78 is 5.55. The monoisotopic (exact) mass is 376 g/mol. The van der Waals surface area contributed by atoms with Gasteiger partial charge in [-0.2, -0.15) is 0 Å². The van der Waals surface area contributed by atoms with Gasteiger partial charge in [0.2, 0.25) is 0 Å². The number of nitrogens with two attached hydrogens (primary N) is 1. The van der Waals surface area contributed by atoms with Gasteiger partial charge in [-0.1, -0.05) is 42.5 Å². The Kier molecular flexibility index (Phi) is 7.60. The molecule has 26 heavy (non-hydrogen) atoms. The molecule has 0 spiro atoms. The lowest BCUT2D eigenvalue weighted by molar-refractivity contribution is -0.0173. The van der Waals surface area contributed by atoms with Gasteiger partial charge in [0.05, 0.1) is 25.4 Å². The van der Waals surface area contributed by atoms with E-state index in [1.807, 2.05) is 59.5 Å². The van der Waals surface area contributed by atoms with Crippen molar-refractivity contribution in [1.29, 1.82) is 0 Å². The second-order valence-electron chi connectivity index (χ2n) is 6.29. The van der Waals surface area contributed by atoms with E-state index in [1.165, 1.54) is 0 Å². The summed E-state index contributed by atoms with van der Waals surface area (Å²) >= 11 is 0. The molecular formula is C20H25ClN2O3. The maximum absolute atomic E-state index is 12.9. The fourth-order valence-corrected chi connectivity index (χ4v) is 3.14. The molecule has 1 amide bonds. The van der Waals surface area contributed by atoms with Gasteiger partial charge in [0.25, 0.3) is 5.91 Å². The van der Waals surface area contributed by atoms with E-state index >= 15 is 0 Å². The summed E-state index contributed by atoms with van der Waals surface area (Å²) in [6.07, 6.45) is -0.167. The van der Waals surface area contributed by atoms with Crippen LogP contribution in [-0.2, 0) is 11.3 Å². The van der Waals surface area contributed by atoms with E-state index < -0.39 is 6.10 Å².